The second-order valence-corrected chi connectivity index (χ2v) is 7.44. The van der Waals surface area contributed by atoms with Gasteiger partial charge in [0.2, 0.25) is 5.91 Å². The van der Waals surface area contributed by atoms with Crippen molar-refractivity contribution in [2.45, 2.75) is 18.2 Å². The number of carbonyl (C=O) groups excluding carboxylic acids is 1. The Bertz CT molecular complexity index is 518. The quantitative estimate of drug-likeness (QED) is 0.790. The van der Waals surface area contributed by atoms with Crippen LogP contribution in [0.15, 0.2) is 24.3 Å². The second kappa shape index (κ2) is 8.95. The molecular weight excluding hydrogens is 322 g/mol. The maximum atomic E-state index is 11.9. The molecule has 7 heteroatoms. The molecule has 0 aromatic heterocycles. The van der Waals surface area contributed by atoms with Gasteiger partial charge in [-0.1, -0.05) is 12.1 Å². The Hall–Kier alpha value is -1.34. The van der Waals surface area contributed by atoms with Crippen LogP contribution >= 0.6 is 23.5 Å². The number of amides is 1. The lowest BCUT2D eigenvalue weighted by Gasteiger charge is -2.20. The van der Waals surface area contributed by atoms with E-state index in [0.717, 1.165) is 17.1 Å². The van der Waals surface area contributed by atoms with Crippen LogP contribution in [0.1, 0.15) is 12.0 Å². The van der Waals surface area contributed by atoms with Crippen molar-refractivity contribution in [3.05, 3.63) is 29.8 Å². The summed E-state index contributed by atoms with van der Waals surface area (Å²) in [5.74, 6) is 2.86. The van der Waals surface area contributed by atoms with Crippen LogP contribution in [0.4, 0.5) is 0 Å². The summed E-state index contributed by atoms with van der Waals surface area (Å²) in [4.78, 5) is 22.4. The fraction of sp³-hybridized carbons (Fsp3) is 0.467. The SMILES string of the molecule is O=C(O)COc1cccc(CNC(=O)CC2CSCCS2)c1. The van der Waals surface area contributed by atoms with Gasteiger partial charge >= 0.3 is 5.97 Å². The van der Waals surface area contributed by atoms with Crippen molar-refractivity contribution in [1.29, 1.82) is 0 Å². The molecule has 22 heavy (non-hydrogen) atoms. The lowest BCUT2D eigenvalue weighted by molar-refractivity contribution is -0.139. The molecule has 120 valence electrons. The van der Waals surface area contributed by atoms with Crippen molar-refractivity contribution >= 4 is 35.4 Å². The molecule has 1 aliphatic heterocycles. The lowest BCUT2D eigenvalue weighted by atomic mass is 10.2. The van der Waals surface area contributed by atoms with E-state index in [-0.39, 0.29) is 12.5 Å². The van der Waals surface area contributed by atoms with Crippen LogP contribution in [0, 0.1) is 0 Å². The van der Waals surface area contributed by atoms with Crippen molar-refractivity contribution in [1.82, 2.24) is 5.32 Å². The van der Waals surface area contributed by atoms with Gasteiger partial charge in [0.15, 0.2) is 6.61 Å². The summed E-state index contributed by atoms with van der Waals surface area (Å²) in [5, 5.41) is 11.9. The molecule has 0 aliphatic carbocycles. The first kappa shape index (κ1) is 17.0. The highest BCUT2D eigenvalue weighted by Gasteiger charge is 2.17. The number of carbonyl (C=O) groups is 2. The van der Waals surface area contributed by atoms with Crippen LogP contribution in [0.5, 0.6) is 5.75 Å². The highest BCUT2D eigenvalue weighted by atomic mass is 32.2. The van der Waals surface area contributed by atoms with E-state index in [1.807, 2.05) is 29.6 Å². The highest BCUT2D eigenvalue weighted by molar-refractivity contribution is 8.06. The maximum Gasteiger partial charge on any atom is 0.341 e. The minimum atomic E-state index is -1.01. The van der Waals surface area contributed by atoms with Gasteiger partial charge in [0.25, 0.3) is 0 Å². The molecule has 1 unspecified atom stereocenters. The van der Waals surface area contributed by atoms with E-state index in [0.29, 0.717) is 24.0 Å². The van der Waals surface area contributed by atoms with Gasteiger partial charge in [-0.25, -0.2) is 4.79 Å². The second-order valence-electron chi connectivity index (χ2n) is 4.88. The van der Waals surface area contributed by atoms with E-state index in [1.165, 1.54) is 5.75 Å². The summed E-state index contributed by atoms with van der Waals surface area (Å²) in [7, 11) is 0. The van der Waals surface area contributed by atoms with E-state index in [1.54, 1.807) is 18.2 Å². The zero-order valence-electron chi connectivity index (χ0n) is 12.1. The Morgan fingerprint density at radius 3 is 2.95 bits per heavy atom. The normalized spacial score (nSPS) is 17.7. The zero-order valence-corrected chi connectivity index (χ0v) is 13.8. The lowest BCUT2D eigenvalue weighted by Crippen LogP contribution is -2.28. The van der Waals surface area contributed by atoms with Gasteiger partial charge in [-0.2, -0.15) is 23.5 Å². The number of carboxylic acid groups (broad SMARTS) is 1. The summed E-state index contributed by atoms with van der Waals surface area (Å²) in [6.45, 7) is 0.0556. The Morgan fingerprint density at radius 1 is 1.36 bits per heavy atom. The average Bonchev–Trinajstić information content (AvgIpc) is 2.52. The number of rotatable bonds is 7. The van der Waals surface area contributed by atoms with Gasteiger partial charge in [0, 0.05) is 35.5 Å². The summed E-state index contributed by atoms with van der Waals surface area (Å²) < 4.78 is 5.12. The predicted octanol–water partition coefficient (Wildman–Crippen LogP) is 2.00. The minimum absolute atomic E-state index is 0.0526. The molecule has 1 amide bonds. The molecule has 1 aromatic rings. The molecule has 1 aromatic carbocycles. The molecule has 1 heterocycles. The third-order valence-electron chi connectivity index (χ3n) is 3.05. The molecule has 1 saturated heterocycles. The Balaban J connectivity index is 1.76. The first-order chi connectivity index (χ1) is 10.6. The van der Waals surface area contributed by atoms with Crippen LogP contribution in [-0.4, -0.2) is 46.1 Å². The van der Waals surface area contributed by atoms with Crippen molar-refractivity contribution in [3.8, 4) is 5.75 Å². The molecule has 2 rings (SSSR count). The van der Waals surface area contributed by atoms with Gasteiger partial charge in [0.1, 0.15) is 5.75 Å². The predicted molar refractivity (Wildman–Crippen MR) is 89.6 cm³/mol. The molecule has 2 N–H and O–H groups in total. The Kier molecular flexibility index (Phi) is 6.92. The monoisotopic (exact) mass is 341 g/mol. The molecule has 0 saturated carbocycles. The number of ether oxygens (including phenoxy) is 1. The zero-order chi connectivity index (χ0) is 15.8. The molecule has 0 bridgehead atoms. The van der Waals surface area contributed by atoms with Gasteiger partial charge < -0.3 is 15.2 Å². The number of aliphatic carboxylic acids is 1. The van der Waals surface area contributed by atoms with Crippen LogP contribution in [-0.2, 0) is 16.1 Å². The molecule has 0 spiro atoms. The molecule has 1 fully saturated rings. The molecule has 0 radical (unpaired) electrons. The summed E-state index contributed by atoms with van der Waals surface area (Å²) in [6, 6.07) is 7.10. The van der Waals surface area contributed by atoms with Crippen LogP contribution < -0.4 is 10.1 Å². The molecule has 5 nitrogen and oxygen atoms in total. The number of thioether (sulfide) groups is 2. The fourth-order valence-electron chi connectivity index (χ4n) is 2.02. The summed E-state index contributed by atoms with van der Waals surface area (Å²) >= 11 is 3.77. The van der Waals surface area contributed by atoms with Gasteiger partial charge in [-0.05, 0) is 17.7 Å². The molecule has 1 atom stereocenters. The number of hydrogen-bond donors (Lipinski definition) is 2. The average molecular weight is 341 g/mol. The van der Waals surface area contributed by atoms with Crippen molar-refractivity contribution in [2.75, 3.05) is 23.9 Å². The van der Waals surface area contributed by atoms with Crippen molar-refractivity contribution in [3.63, 3.8) is 0 Å². The first-order valence-corrected chi connectivity index (χ1v) is 9.23. The van der Waals surface area contributed by atoms with Gasteiger partial charge in [0.05, 0.1) is 0 Å². The van der Waals surface area contributed by atoms with Crippen molar-refractivity contribution < 1.29 is 19.4 Å². The van der Waals surface area contributed by atoms with E-state index in [2.05, 4.69) is 5.32 Å². The summed E-state index contributed by atoms with van der Waals surface area (Å²) in [6.07, 6.45) is 0.548. The molecule has 1 aliphatic rings. The van der Waals surface area contributed by atoms with Crippen molar-refractivity contribution in [2.24, 2.45) is 0 Å². The number of nitrogens with one attached hydrogen (secondary N) is 1. The van der Waals surface area contributed by atoms with E-state index >= 15 is 0 Å². The van der Waals surface area contributed by atoms with Crippen LogP contribution in [0.25, 0.3) is 0 Å². The first-order valence-electron chi connectivity index (χ1n) is 7.03. The number of benzene rings is 1. The number of carboxylic acids is 1. The maximum absolute atomic E-state index is 11.9. The van der Waals surface area contributed by atoms with Gasteiger partial charge in [-0.15, -0.1) is 0 Å². The third kappa shape index (κ3) is 6.19. The third-order valence-corrected chi connectivity index (χ3v) is 5.89. The molecular formula is C15H19NO4S2. The van der Waals surface area contributed by atoms with E-state index in [4.69, 9.17) is 9.84 Å². The van der Waals surface area contributed by atoms with E-state index < -0.39 is 5.97 Å². The van der Waals surface area contributed by atoms with Crippen LogP contribution in [0.3, 0.4) is 0 Å². The standard InChI is InChI=1S/C15H19NO4S2/c17-14(7-13-10-21-4-5-22-13)16-8-11-2-1-3-12(6-11)20-9-15(18)19/h1-3,6,13H,4-5,7-10H2,(H,16,17)(H,18,19). The largest absolute Gasteiger partial charge is 0.482 e. The Morgan fingerprint density at radius 2 is 2.23 bits per heavy atom. The minimum Gasteiger partial charge on any atom is -0.482 e. The fourth-order valence-corrected chi connectivity index (χ4v) is 4.70. The Labute approximate surface area is 138 Å². The summed E-state index contributed by atoms with van der Waals surface area (Å²) in [5.41, 5.74) is 0.891. The van der Waals surface area contributed by atoms with Gasteiger partial charge in [-0.3, -0.25) is 4.79 Å². The highest BCUT2D eigenvalue weighted by Crippen LogP contribution is 2.26. The van der Waals surface area contributed by atoms with E-state index in [9.17, 15) is 9.59 Å². The number of hydrogen-bond acceptors (Lipinski definition) is 5. The van der Waals surface area contributed by atoms with Crippen LogP contribution in [0.2, 0.25) is 0 Å². The topological polar surface area (TPSA) is 75.6 Å². The smallest absolute Gasteiger partial charge is 0.341 e.